The van der Waals surface area contributed by atoms with Crippen molar-refractivity contribution < 1.29 is 4.79 Å². The van der Waals surface area contributed by atoms with Crippen LogP contribution in [0.2, 0.25) is 0 Å². The first-order chi connectivity index (χ1) is 9.66. The van der Waals surface area contributed by atoms with Crippen LogP contribution in [0.5, 0.6) is 0 Å². The van der Waals surface area contributed by atoms with Crippen LogP contribution in [0.25, 0.3) is 0 Å². The van der Waals surface area contributed by atoms with Gasteiger partial charge in [-0.05, 0) is 32.5 Å². The molecule has 1 amide bonds. The number of thioether (sulfide) groups is 1. The van der Waals surface area contributed by atoms with Crippen molar-refractivity contribution in [3.05, 3.63) is 35.9 Å². The molecule has 1 aliphatic rings. The lowest BCUT2D eigenvalue weighted by Crippen LogP contribution is -2.42. The largest absolute Gasteiger partial charge is 0.337 e. The fourth-order valence-corrected chi connectivity index (χ4v) is 3.78. The van der Waals surface area contributed by atoms with E-state index in [9.17, 15) is 4.79 Å². The van der Waals surface area contributed by atoms with Gasteiger partial charge in [0.05, 0.1) is 5.25 Å². The molecule has 1 aliphatic heterocycles. The van der Waals surface area contributed by atoms with Gasteiger partial charge in [0.1, 0.15) is 0 Å². The average Bonchev–Trinajstić information content (AvgIpc) is 2.44. The van der Waals surface area contributed by atoms with Crippen molar-refractivity contribution in [1.82, 2.24) is 9.80 Å². The minimum absolute atomic E-state index is 0.160. The van der Waals surface area contributed by atoms with Gasteiger partial charge in [-0.3, -0.25) is 4.79 Å². The second kappa shape index (κ2) is 7.70. The summed E-state index contributed by atoms with van der Waals surface area (Å²) in [4.78, 5) is 16.7. The predicted octanol–water partition coefficient (Wildman–Crippen LogP) is 2.47. The lowest BCUT2D eigenvalue weighted by Gasteiger charge is -2.32. The number of nitrogens with zero attached hydrogens (tertiary/aromatic N) is 2. The number of benzene rings is 1. The third kappa shape index (κ3) is 4.53. The zero-order chi connectivity index (χ0) is 14.4. The normalized spacial score (nSPS) is 19.6. The molecule has 0 saturated carbocycles. The molecule has 0 aliphatic carbocycles. The molecule has 0 aromatic heterocycles. The van der Waals surface area contributed by atoms with E-state index in [1.165, 1.54) is 5.56 Å². The van der Waals surface area contributed by atoms with Gasteiger partial charge in [0.15, 0.2) is 0 Å². The van der Waals surface area contributed by atoms with Gasteiger partial charge < -0.3 is 9.80 Å². The molecule has 0 bridgehead atoms. The van der Waals surface area contributed by atoms with Gasteiger partial charge in [-0.2, -0.15) is 0 Å². The highest BCUT2D eigenvalue weighted by Crippen LogP contribution is 2.24. The highest BCUT2D eigenvalue weighted by atomic mass is 32.2. The van der Waals surface area contributed by atoms with E-state index in [1.54, 1.807) is 0 Å². The van der Waals surface area contributed by atoms with Crippen molar-refractivity contribution in [1.29, 1.82) is 0 Å². The van der Waals surface area contributed by atoms with Crippen LogP contribution in [0.1, 0.15) is 18.4 Å². The Morgan fingerprint density at radius 3 is 2.75 bits per heavy atom. The van der Waals surface area contributed by atoms with Crippen molar-refractivity contribution >= 4 is 17.7 Å². The van der Waals surface area contributed by atoms with Gasteiger partial charge in [-0.15, -0.1) is 11.8 Å². The first-order valence-corrected chi connectivity index (χ1v) is 8.31. The van der Waals surface area contributed by atoms with Gasteiger partial charge in [-0.1, -0.05) is 30.3 Å². The Morgan fingerprint density at radius 1 is 1.30 bits per heavy atom. The molecule has 1 heterocycles. The summed E-state index contributed by atoms with van der Waals surface area (Å²) in [5.41, 5.74) is 1.22. The monoisotopic (exact) mass is 292 g/mol. The summed E-state index contributed by atoms with van der Waals surface area (Å²) in [6.07, 6.45) is 2.15. The van der Waals surface area contributed by atoms with E-state index in [4.69, 9.17) is 0 Å². The van der Waals surface area contributed by atoms with Crippen molar-refractivity contribution in [2.24, 2.45) is 0 Å². The van der Waals surface area contributed by atoms with E-state index >= 15 is 0 Å². The van der Waals surface area contributed by atoms with Gasteiger partial charge in [-0.25, -0.2) is 0 Å². The summed E-state index contributed by atoms with van der Waals surface area (Å²) in [6.45, 7) is 2.69. The Hall–Kier alpha value is -1.00. The van der Waals surface area contributed by atoms with E-state index in [0.717, 1.165) is 38.2 Å². The summed E-state index contributed by atoms with van der Waals surface area (Å²) in [5, 5.41) is 0.160. The molecule has 3 nitrogen and oxygen atoms in total. The van der Waals surface area contributed by atoms with E-state index < -0.39 is 0 Å². The van der Waals surface area contributed by atoms with Crippen LogP contribution in [0.15, 0.2) is 30.3 Å². The van der Waals surface area contributed by atoms with Crippen LogP contribution in [0.3, 0.4) is 0 Å². The molecule has 0 N–H and O–H groups in total. The molecule has 1 fully saturated rings. The van der Waals surface area contributed by atoms with E-state index in [2.05, 4.69) is 31.1 Å². The molecule has 20 heavy (non-hydrogen) atoms. The SMILES string of the molecule is CN(C)CCS[C@H]1CCCN(Cc2ccccc2)C1=O. The Labute approximate surface area is 126 Å². The van der Waals surface area contributed by atoms with E-state index in [0.29, 0.717) is 5.91 Å². The third-order valence-electron chi connectivity index (χ3n) is 3.56. The van der Waals surface area contributed by atoms with E-state index in [-0.39, 0.29) is 5.25 Å². The standard InChI is InChI=1S/C16H24N2OS/c1-17(2)11-12-20-15-9-6-10-18(16(15)19)13-14-7-4-3-5-8-14/h3-5,7-8,15H,6,9-13H2,1-2H3/t15-/m0/s1. The van der Waals surface area contributed by atoms with Gasteiger partial charge in [0.25, 0.3) is 0 Å². The molecule has 0 unspecified atom stereocenters. The minimum Gasteiger partial charge on any atom is -0.337 e. The molecule has 2 rings (SSSR count). The maximum absolute atomic E-state index is 12.5. The summed E-state index contributed by atoms with van der Waals surface area (Å²) >= 11 is 1.82. The van der Waals surface area contributed by atoms with Gasteiger partial charge in [0.2, 0.25) is 5.91 Å². The zero-order valence-electron chi connectivity index (χ0n) is 12.4. The number of carbonyl (C=O) groups excluding carboxylic acids is 1. The number of hydrogen-bond acceptors (Lipinski definition) is 3. The molecular formula is C16H24N2OS. The second-order valence-corrected chi connectivity index (χ2v) is 6.86. The number of likely N-dealkylation sites (tertiary alicyclic amines) is 1. The number of carbonyl (C=O) groups is 1. The van der Waals surface area contributed by atoms with E-state index in [1.807, 2.05) is 34.9 Å². The Kier molecular flexibility index (Phi) is 5.92. The molecule has 1 saturated heterocycles. The lowest BCUT2D eigenvalue weighted by molar-refractivity contribution is -0.133. The van der Waals surface area contributed by atoms with Crippen LogP contribution < -0.4 is 0 Å². The third-order valence-corrected chi connectivity index (χ3v) is 4.81. The topological polar surface area (TPSA) is 23.6 Å². The fraction of sp³-hybridized carbons (Fsp3) is 0.562. The number of rotatable bonds is 6. The quantitative estimate of drug-likeness (QED) is 0.805. The molecule has 1 atom stereocenters. The minimum atomic E-state index is 0.160. The number of hydrogen-bond donors (Lipinski definition) is 0. The summed E-state index contributed by atoms with van der Waals surface area (Å²) in [5.74, 6) is 1.35. The smallest absolute Gasteiger partial charge is 0.235 e. The lowest BCUT2D eigenvalue weighted by atomic mass is 10.1. The molecule has 1 aromatic rings. The summed E-state index contributed by atoms with van der Waals surface area (Å²) < 4.78 is 0. The maximum Gasteiger partial charge on any atom is 0.235 e. The highest BCUT2D eigenvalue weighted by Gasteiger charge is 2.28. The number of amides is 1. The molecule has 0 radical (unpaired) electrons. The molecule has 110 valence electrons. The van der Waals surface area contributed by atoms with Crippen LogP contribution in [-0.2, 0) is 11.3 Å². The zero-order valence-corrected chi connectivity index (χ0v) is 13.2. The second-order valence-electron chi connectivity index (χ2n) is 5.55. The first-order valence-electron chi connectivity index (χ1n) is 7.26. The molecule has 0 spiro atoms. The van der Waals surface area contributed by atoms with Crippen LogP contribution >= 0.6 is 11.8 Å². The average molecular weight is 292 g/mol. The fourth-order valence-electron chi connectivity index (χ4n) is 2.40. The summed E-state index contributed by atoms with van der Waals surface area (Å²) in [7, 11) is 4.15. The summed E-state index contributed by atoms with van der Waals surface area (Å²) in [6, 6.07) is 10.3. The van der Waals surface area contributed by atoms with Crippen LogP contribution in [-0.4, -0.2) is 53.9 Å². The Balaban J connectivity index is 1.86. The van der Waals surface area contributed by atoms with Crippen molar-refractivity contribution in [2.75, 3.05) is 32.9 Å². The predicted molar refractivity (Wildman–Crippen MR) is 85.9 cm³/mol. The molecular weight excluding hydrogens is 268 g/mol. The van der Waals surface area contributed by atoms with Crippen molar-refractivity contribution in [3.8, 4) is 0 Å². The van der Waals surface area contributed by atoms with Gasteiger partial charge in [0, 0.05) is 25.4 Å². The Bertz CT molecular complexity index is 422. The molecule has 1 aromatic carbocycles. The highest BCUT2D eigenvalue weighted by molar-refractivity contribution is 8.00. The van der Waals surface area contributed by atoms with Crippen LogP contribution in [0, 0.1) is 0 Å². The van der Waals surface area contributed by atoms with Crippen molar-refractivity contribution in [2.45, 2.75) is 24.6 Å². The van der Waals surface area contributed by atoms with Crippen molar-refractivity contribution in [3.63, 3.8) is 0 Å². The Morgan fingerprint density at radius 2 is 2.05 bits per heavy atom. The van der Waals surface area contributed by atoms with Gasteiger partial charge >= 0.3 is 0 Å². The first kappa shape index (κ1) is 15.4. The number of piperidine rings is 1. The van der Waals surface area contributed by atoms with Crippen LogP contribution in [0.4, 0.5) is 0 Å². The maximum atomic E-state index is 12.5. The molecule has 4 heteroatoms.